The Kier molecular flexibility index (Phi) is 3.66. The number of aryl methyl sites for hydroxylation is 2. The first-order valence-corrected chi connectivity index (χ1v) is 5.99. The third kappa shape index (κ3) is 3.00. The molecule has 6 heteroatoms. The number of carbonyl (C=O) groups excluding carboxylic acids is 1. The van der Waals surface area contributed by atoms with Crippen molar-refractivity contribution in [1.29, 1.82) is 0 Å². The zero-order valence-corrected chi connectivity index (χ0v) is 11.2. The summed E-state index contributed by atoms with van der Waals surface area (Å²) in [6.45, 7) is 3.28. The summed E-state index contributed by atoms with van der Waals surface area (Å²) in [7, 11) is 0. The van der Waals surface area contributed by atoms with Gasteiger partial charge >= 0.3 is 0 Å². The molecule has 98 valence electrons. The van der Waals surface area contributed by atoms with Crippen molar-refractivity contribution >= 4 is 23.2 Å². The van der Waals surface area contributed by atoms with E-state index in [2.05, 4.69) is 15.3 Å². The van der Waals surface area contributed by atoms with E-state index < -0.39 is 11.5 Å². The molecule has 0 aliphatic rings. The molecule has 0 bridgehead atoms. The highest BCUT2D eigenvalue weighted by Gasteiger charge is 2.15. The highest BCUT2D eigenvalue weighted by Crippen LogP contribution is 2.15. The number of halogens is 1. The van der Waals surface area contributed by atoms with Gasteiger partial charge in [0.05, 0.1) is 5.69 Å². The first-order valence-electron chi connectivity index (χ1n) is 5.62. The number of aromatic nitrogens is 2. The molecule has 0 radical (unpaired) electrons. The molecule has 0 aliphatic carbocycles. The molecule has 2 aromatic rings. The van der Waals surface area contributed by atoms with E-state index >= 15 is 0 Å². The Hall–Kier alpha value is -2.14. The van der Waals surface area contributed by atoms with Crippen LogP contribution in [0.1, 0.15) is 21.9 Å². The Labute approximate surface area is 114 Å². The molecule has 0 unspecified atom stereocenters. The van der Waals surface area contributed by atoms with Crippen LogP contribution in [0.5, 0.6) is 0 Å². The van der Waals surface area contributed by atoms with E-state index in [0.29, 0.717) is 22.2 Å². The smallest absolute Gasteiger partial charge is 0.264 e. The van der Waals surface area contributed by atoms with Gasteiger partial charge in [0.25, 0.3) is 11.5 Å². The van der Waals surface area contributed by atoms with Crippen LogP contribution in [0.4, 0.5) is 5.69 Å². The van der Waals surface area contributed by atoms with Crippen LogP contribution in [0.2, 0.25) is 5.02 Å². The molecule has 1 aromatic heterocycles. The maximum absolute atomic E-state index is 12.1. The van der Waals surface area contributed by atoms with E-state index in [9.17, 15) is 9.59 Å². The van der Waals surface area contributed by atoms with Crippen LogP contribution >= 0.6 is 11.6 Å². The van der Waals surface area contributed by atoms with Crippen LogP contribution in [0.25, 0.3) is 0 Å². The van der Waals surface area contributed by atoms with E-state index in [4.69, 9.17) is 11.6 Å². The zero-order chi connectivity index (χ0) is 14.0. The number of anilines is 1. The van der Waals surface area contributed by atoms with Crippen LogP contribution in [0, 0.1) is 13.8 Å². The molecule has 19 heavy (non-hydrogen) atoms. The van der Waals surface area contributed by atoms with Gasteiger partial charge in [0.1, 0.15) is 11.4 Å². The minimum Gasteiger partial charge on any atom is -0.322 e. The number of carbonyl (C=O) groups is 1. The average Bonchev–Trinajstić information content (AvgIpc) is 2.27. The molecular formula is C13H12ClN3O2. The van der Waals surface area contributed by atoms with E-state index in [1.807, 2.05) is 0 Å². The van der Waals surface area contributed by atoms with Crippen molar-refractivity contribution in [3.8, 4) is 0 Å². The van der Waals surface area contributed by atoms with E-state index in [1.165, 1.54) is 0 Å². The predicted octanol–water partition coefficient (Wildman–Crippen LogP) is 2.29. The highest BCUT2D eigenvalue weighted by atomic mass is 35.5. The molecule has 5 nitrogen and oxygen atoms in total. The number of hydrogen-bond acceptors (Lipinski definition) is 3. The minimum absolute atomic E-state index is 0.00516. The normalized spacial score (nSPS) is 10.3. The molecule has 1 heterocycles. The van der Waals surface area contributed by atoms with Crippen LogP contribution in [0.3, 0.4) is 0 Å². The van der Waals surface area contributed by atoms with Crippen molar-refractivity contribution in [2.45, 2.75) is 13.8 Å². The van der Waals surface area contributed by atoms with Crippen molar-refractivity contribution in [3.63, 3.8) is 0 Å². The molecule has 0 saturated heterocycles. The molecular weight excluding hydrogens is 266 g/mol. The third-order valence-corrected chi connectivity index (χ3v) is 2.76. The lowest BCUT2D eigenvalue weighted by molar-refractivity contribution is 0.102. The minimum atomic E-state index is -0.506. The van der Waals surface area contributed by atoms with Crippen molar-refractivity contribution in [2.75, 3.05) is 5.32 Å². The SMILES string of the molecule is Cc1nc(C)c(C(=O)Nc2cccc(Cl)c2)c(=O)[nH]1. The number of benzene rings is 1. The molecule has 0 spiro atoms. The number of amides is 1. The topological polar surface area (TPSA) is 74.8 Å². The lowest BCUT2D eigenvalue weighted by Crippen LogP contribution is -2.26. The van der Waals surface area contributed by atoms with Crippen LogP contribution in [-0.4, -0.2) is 15.9 Å². The molecule has 0 saturated carbocycles. The second kappa shape index (κ2) is 5.24. The van der Waals surface area contributed by atoms with E-state index in [-0.39, 0.29) is 5.56 Å². The van der Waals surface area contributed by atoms with Gasteiger partial charge in [-0.3, -0.25) is 9.59 Å². The molecule has 0 atom stereocenters. The fraction of sp³-hybridized carbons (Fsp3) is 0.154. The van der Waals surface area contributed by atoms with Gasteiger partial charge < -0.3 is 10.3 Å². The van der Waals surface area contributed by atoms with E-state index in [0.717, 1.165) is 0 Å². The monoisotopic (exact) mass is 277 g/mol. The predicted molar refractivity (Wildman–Crippen MR) is 73.7 cm³/mol. The molecule has 1 amide bonds. The fourth-order valence-electron chi connectivity index (χ4n) is 1.75. The van der Waals surface area contributed by atoms with Gasteiger partial charge in [-0.25, -0.2) is 4.98 Å². The van der Waals surface area contributed by atoms with Gasteiger partial charge in [0.2, 0.25) is 0 Å². The summed E-state index contributed by atoms with van der Waals surface area (Å²) in [4.78, 5) is 30.4. The summed E-state index contributed by atoms with van der Waals surface area (Å²) in [5.74, 6) is -0.0321. The molecule has 2 N–H and O–H groups in total. The van der Waals surface area contributed by atoms with Crippen molar-refractivity contribution in [1.82, 2.24) is 9.97 Å². The van der Waals surface area contributed by atoms with Crippen molar-refractivity contribution < 1.29 is 4.79 Å². The van der Waals surface area contributed by atoms with Crippen molar-refractivity contribution in [3.05, 3.63) is 56.7 Å². The Balaban J connectivity index is 2.33. The summed E-state index contributed by atoms with van der Waals surface area (Å²) >= 11 is 5.83. The summed E-state index contributed by atoms with van der Waals surface area (Å²) < 4.78 is 0. The maximum Gasteiger partial charge on any atom is 0.264 e. The molecule has 1 aromatic carbocycles. The zero-order valence-electron chi connectivity index (χ0n) is 10.5. The van der Waals surface area contributed by atoms with Gasteiger partial charge in [0, 0.05) is 10.7 Å². The maximum atomic E-state index is 12.1. The third-order valence-electron chi connectivity index (χ3n) is 2.53. The number of rotatable bonds is 2. The average molecular weight is 278 g/mol. The number of aromatic amines is 1. The second-order valence-electron chi connectivity index (χ2n) is 4.08. The number of hydrogen-bond donors (Lipinski definition) is 2. The summed E-state index contributed by atoms with van der Waals surface area (Å²) in [5, 5.41) is 3.12. The molecule has 0 fully saturated rings. The summed E-state index contributed by atoms with van der Waals surface area (Å²) in [5.41, 5.74) is 0.466. The Morgan fingerprint density at radius 1 is 1.37 bits per heavy atom. The standard InChI is InChI=1S/C13H12ClN3O2/c1-7-11(12(18)16-8(2)15-7)13(19)17-10-5-3-4-9(14)6-10/h3-6H,1-2H3,(H,17,19)(H,15,16,18). The number of nitrogens with one attached hydrogen (secondary N) is 2. The Morgan fingerprint density at radius 3 is 2.74 bits per heavy atom. The largest absolute Gasteiger partial charge is 0.322 e. The van der Waals surface area contributed by atoms with Gasteiger partial charge in [-0.05, 0) is 32.0 Å². The lowest BCUT2D eigenvalue weighted by atomic mass is 10.2. The Morgan fingerprint density at radius 2 is 2.11 bits per heavy atom. The van der Waals surface area contributed by atoms with Gasteiger partial charge in [-0.2, -0.15) is 0 Å². The number of nitrogens with zero attached hydrogens (tertiary/aromatic N) is 1. The fourth-order valence-corrected chi connectivity index (χ4v) is 1.94. The number of H-pyrrole nitrogens is 1. The van der Waals surface area contributed by atoms with Gasteiger partial charge in [-0.15, -0.1) is 0 Å². The van der Waals surface area contributed by atoms with Crippen LogP contribution < -0.4 is 10.9 Å². The summed E-state index contributed by atoms with van der Waals surface area (Å²) in [6, 6.07) is 6.70. The lowest BCUT2D eigenvalue weighted by Gasteiger charge is -2.07. The molecule has 0 aliphatic heterocycles. The van der Waals surface area contributed by atoms with E-state index in [1.54, 1.807) is 38.1 Å². The second-order valence-corrected chi connectivity index (χ2v) is 4.51. The van der Waals surface area contributed by atoms with Crippen LogP contribution in [0.15, 0.2) is 29.1 Å². The molecule has 2 rings (SSSR count). The Bertz CT molecular complexity index is 695. The first-order chi connectivity index (χ1) is 8.97. The first kappa shape index (κ1) is 13.3. The van der Waals surface area contributed by atoms with Crippen LogP contribution in [-0.2, 0) is 0 Å². The highest BCUT2D eigenvalue weighted by molar-refractivity contribution is 6.30. The quantitative estimate of drug-likeness (QED) is 0.884. The summed E-state index contributed by atoms with van der Waals surface area (Å²) in [6.07, 6.45) is 0. The van der Waals surface area contributed by atoms with Gasteiger partial charge in [-0.1, -0.05) is 17.7 Å². The van der Waals surface area contributed by atoms with Gasteiger partial charge in [0.15, 0.2) is 0 Å². The van der Waals surface area contributed by atoms with Crippen molar-refractivity contribution in [2.24, 2.45) is 0 Å².